The van der Waals surface area contributed by atoms with Gasteiger partial charge in [0.2, 0.25) is 0 Å². The van der Waals surface area contributed by atoms with Crippen LogP contribution in [0.15, 0.2) is 9.95 Å². The van der Waals surface area contributed by atoms with Crippen LogP contribution in [0, 0.1) is 13.8 Å². The average molecular weight is 395 g/mol. The third-order valence-electron chi connectivity index (χ3n) is 4.63. The van der Waals surface area contributed by atoms with Crippen LogP contribution in [0.5, 0.6) is 0 Å². The van der Waals surface area contributed by atoms with Crippen LogP contribution in [0.3, 0.4) is 0 Å². The second-order valence-electron chi connectivity index (χ2n) is 7.85. The molecule has 0 aromatic carbocycles. The van der Waals surface area contributed by atoms with Crippen molar-refractivity contribution in [2.45, 2.75) is 77.1 Å². The van der Waals surface area contributed by atoms with Gasteiger partial charge < -0.3 is 4.74 Å². The van der Waals surface area contributed by atoms with Crippen molar-refractivity contribution in [1.29, 1.82) is 0 Å². The Bertz CT molecular complexity index is 887. The zero-order valence-electron chi connectivity index (χ0n) is 16.0. The van der Waals surface area contributed by atoms with Crippen LogP contribution < -0.4 is 5.56 Å². The standard InChI is InChI=1S/C19H26N2O3S2/c1-11-12(2)26-16-15(11)17(23)21(13-8-6-7-9-13)18(20-16)25-10-14(22)24-19(3,4)5/h13H,6-10H2,1-5H3. The van der Waals surface area contributed by atoms with Crippen LogP contribution in [0.25, 0.3) is 10.2 Å². The van der Waals surface area contributed by atoms with Crippen LogP contribution in [-0.2, 0) is 9.53 Å². The van der Waals surface area contributed by atoms with E-state index in [9.17, 15) is 9.59 Å². The van der Waals surface area contributed by atoms with Crippen LogP contribution in [0.4, 0.5) is 0 Å². The lowest BCUT2D eigenvalue weighted by atomic mass is 10.2. The summed E-state index contributed by atoms with van der Waals surface area (Å²) in [5.41, 5.74) is 0.552. The Kier molecular flexibility index (Phi) is 5.49. The number of carbonyl (C=O) groups is 1. The molecule has 0 atom stereocenters. The van der Waals surface area contributed by atoms with Gasteiger partial charge in [0.25, 0.3) is 5.56 Å². The lowest BCUT2D eigenvalue weighted by molar-refractivity contribution is -0.151. The summed E-state index contributed by atoms with van der Waals surface area (Å²) in [4.78, 5) is 32.0. The van der Waals surface area contributed by atoms with Crippen molar-refractivity contribution in [3.05, 3.63) is 20.8 Å². The molecular formula is C19H26N2O3S2. The Balaban J connectivity index is 1.98. The summed E-state index contributed by atoms with van der Waals surface area (Å²) in [6.07, 6.45) is 4.25. The predicted octanol–water partition coefficient (Wildman–Crippen LogP) is 4.62. The van der Waals surface area contributed by atoms with E-state index >= 15 is 0 Å². The van der Waals surface area contributed by atoms with E-state index in [1.807, 2.05) is 39.2 Å². The number of aryl methyl sites for hydroxylation is 2. The Morgan fingerprint density at radius 1 is 1.31 bits per heavy atom. The van der Waals surface area contributed by atoms with E-state index in [1.165, 1.54) is 11.8 Å². The lowest BCUT2D eigenvalue weighted by Gasteiger charge is -2.20. The number of hydrogen-bond donors (Lipinski definition) is 0. The van der Waals surface area contributed by atoms with Gasteiger partial charge in [0.1, 0.15) is 10.4 Å². The van der Waals surface area contributed by atoms with Gasteiger partial charge in [0.15, 0.2) is 5.16 Å². The van der Waals surface area contributed by atoms with Gasteiger partial charge >= 0.3 is 5.97 Å². The molecule has 1 aliphatic carbocycles. The molecule has 0 amide bonds. The number of hydrogen-bond acceptors (Lipinski definition) is 6. The summed E-state index contributed by atoms with van der Waals surface area (Å²) in [5.74, 6) is -0.126. The number of thiophene rings is 1. The smallest absolute Gasteiger partial charge is 0.316 e. The summed E-state index contributed by atoms with van der Waals surface area (Å²) < 4.78 is 7.23. The molecule has 3 rings (SSSR count). The third kappa shape index (κ3) is 3.98. The van der Waals surface area contributed by atoms with Crippen molar-refractivity contribution in [1.82, 2.24) is 9.55 Å². The second kappa shape index (κ2) is 7.35. The summed E-state index contributed by atoms with van der Waals surface area (Å²) in [6, 6.07) is 0.181. The van der Waals surface area contributed by atoms with E-state index in [1.54, 1.807) is 11.3 Å². The van der Waals surface area contributed by atoms with Crippen molar-refractivity contribution in [3.63, 3.8) is 0 Å². The predicted molar refractivity (Wildman–Crippen MR) is 107 cm³/mol. The molecule has 0 unspecified atom stereocenters. The number of rotatable bonds is 4. The summed E-state index contributed by atoms with van der Waals surface area (Å²) in [5, 5.41) is 1.38. The van der Waals surface area contributed by atoms with Gasteiger partial charge in [-0.25, -0.2) is 4.98 Å². The van der Waals surface area contributed by atoms with E-state index in [0.29, 0.717) is 5.16 Å². The van der Waals surface area contributed by atoms with Gasteiger partial charge in [-0.1, -0.05) is 24.6 Å². The molecule has 0 N–H and O–H groups in total. The quantitative estimate of drug-likeness (QED) is 0.430. The first-order valence-corrected chi connectivity index (χ1v) is 10.8. The molecule has 26 heavy (non-hydrogen) atoms. The minimum atomic E-state index is -0.512. The number of aromatic nitrogens is 2. The molecule has 2 aromatic rings. The first-order chi connectivity index (χ1) is 12.2. The SMILES string of the molecule is Cc1sc2nc(SCC(=O)OC(C)(C)C)n(C3CCCC3)c(=O)c2c1C. The highest BCUT2D eigenvalue weighted by Gasteiger charge is 2.26. The van der Waals surface area contributed by atoms with Crippen molar-refractivity contribution in [3.8, 4) is 0 Å². The molecule has 142 valence electrons. The third-order valence-corrected chi connectivity index (χ3v) is 6.66. The molecule has 1 aliphatic rings. The Morgan fingerprint density at radius 2 is 1.96 bits per heavy atom. The molecule has 5 nitrogen and oxygen atoms in total. The number of thioether (sulfide) groups is 1. The van der Waals surface area contributed by atoms with Crippen LogP contribution in [0.1, 0.15) is 62.9 Å². The van der Waals surface area contributed by atoms with E-state index in [4.69, 9.17) is 9.72 Å². The van der Waals surface area contributed by atoms with Gasteiger partial charge in [-0.15, -0.1) is 11.3 Å². The summed E-state index contributed by atoms with van der Waals surface area (Å²) in [6.45, 7) is 9.57. The molecule has 1 saturated carbocycles. The highest BCUT2D eigenvalue weighted by Crippen LogP contribution is 2.34. The molecule has 2 aromatic heterocycles. The van der Waals surface area contributed by atoms with Gasteiger partial charge in [-0.2, -0.15) is 0 Å². The Labute approximate surface area is 162 Å². The van der Waals surface area contributed by atoms with Gasteiger partial charge in [0, 0.05) is 10.9 Å². The van der Waals surface area contributed by atoms with Crippen molar-refractivity contribution >= 4 is 39.3 Å². The molecule has 0 spiro atoms. The highest BCUT2D eigenvalue weighted by molar-refractivity contribution is 7.99. The lowest BCUT2D eigenvalue weighted by Crippen LogP contribution is -2.28. The Morgan fingerprint density at radius 3 is 2.58 bits per heavy atom. The van der Waals surface area contributed by atoms with Crippen molar-refractivity contribution in [2.75, 3.05) is 5.75 Å². The zero-order valence-corrected chi connectivity index (χ0v) is 17.7. The monoisotopic (exact) mass is 394 g/mol. The molecule has 0 radical (unpaired) electrons. The number of esters is 1. The summed E-state index contributed by atoms with van der Waals surface area (Å²) >= 11 is 2.86. The van der Waals surface area contributed by atoms with E-state index in [0.717, 1.165) is 46.3 Å². The number of nitrogens with zero attached hydrogens (tertiary/aromatic N) is 2. The molecule has 2 heterocycles. The largest absolute Gasteiger partial charge is 0.459 e. The fraction of sp³-hybridized carbons (Fsp3) is 0.632. The minimum Gasteiger partial charge on any atom is -0.459 e. The number of carbonyl (C=O) groups excluding carboxylic acids is 1. The molecule has 1 fully saturated rings. The fourth-order valence-corrected chi connectivity index (χ4v) is 5.28. The maximum atomic E-state index is 13.2. The van der Waals surface area contributed by atoms with Crippen LogP contribution in [0.2, 0.25) is 0 Å². The van der Waals surface area contributed by atoms with Crippen molar-refractivity contribution < 1.29 is 9.53 Å². The number of fused-ring (bicyclic) bond motifs is 1. The highest BCUT2D eigenvalue weighted by atomic mass is 32.2. The molecule has 0 bridgehead atoms. The van der Waals surface area contributed by atoms with Gasteiger partial charge in [0.05, 0.1) is 11.1 Å². The molecule has 0 saturated heterocycles. The molecular weight excluding hydrogens is 368 g/mol. The van der Waals surface area contributed by atoms with Crippen LogP contribution >= 0.6 is 23.1 Å². The fourth-order valence-electron chi connectivity index (χ4n) is 3.37. The minimum absolute atomic E-state index is 0.0374. The normalized spacial score (nSPS) is 15.7. The van der Waals surface area contributed by atoms with Crippen molar-refractivity contribution in [2.24, 2.45) is 0 Å². The second-order valence-corrected chi connectivity index (χ2v) is 9.99. The first-order valence-electron chi connectivity index (χ1n) is 9.04. The first kappa shape index (κ1) is 19.4. The average Bonchev–Trinajstić information content (AvgIpc) is 3.13. The zero-order chi connectivity index (χ0) is 19.1. The topological polar surface area (TPSA) is 61.2 Å². The van der Waals surface area contributed by atoms with Gasteiger partial charge in [-0.3, -0.25) is 14.2 Å². The van der Waals surface area contributed by atoms with E-state index in [2.05, 4.69) is 0 Å². The molecule has 0 aliphatic heterocycles. The van der Waals surface area contributed by atoms with Gasteiger partial charge in [-0.05, 0) is 53.0 Å². The summed E-state index contributed by atoms with van der Waals surface area (Å²) in [7, 11) is 0. The van der Waals surface area contributed by atoms with E-state index in [-0.39, 0.29) is 23.3 Å². The van der Waals surface area contributed by atoms with E-state index < -0.39 is 5.60 Å². The maximum absolute atomic E-state index is 13.2. The molecule has 7 heteroatoms. The Hall–Kier alpha value is -1.34. The number of ether oxygens (including phenoxy) is 1. The maximum Gasteiger partial charge on any atom is 0.316 e. The van der Waals surface area contributed by atoms with Crippen LogP contribution in [-0.4, -0.2) is 26.9 Å².